The van der Waals surface area contributed by atoms with E-state index < -0.39 is 0 Å². The van der Waals surface area contributed by atoms with Crippen LogP contribution < -0.4 is 5.32 Å². The minimum absolute atomic E-state index is 0.185. The van der Waals surface area contributed by atoms with Crippen LogP contribution in [-0.4, -0.2) is 21.0 Å². The monoisotopic (exact) mass is 257 g/mol. The second kappa shape index (κ2) is 5.48. The van der Waals surface area contributed by atoms with E-state index in [1.165, 1.54) is 12.3 Å². The summed E-state index contributed by atoms with van der Waals surface area (Å²) >= 11 is 0. The van der Waals surface area contributed by atoms with Crippen molar-refractivity contribution in [2.24, 2.45) is 0 Å². The van der Waals surface area contributed by atoms with Crippen LogP contribution in [-0.2, 0) is 6.42 Å². The van der Waals surface area contributed by atoms with Crippen molar-refractivity contribution in [3.05, 3.63) is 47.5 Å². The molecule has 5 heteroatoms. The van der Waals surface area contributed by atoms with Crippen LogP contribution in [0.15, 0.2) is 30.6 Å². The standard InChI is InChI=1S/C14H15N3O2/c1-3-10-6-11(18)4-5-12(10)17-14(19)13-8-15-9(2)7-16-13/h4-8,18H,3H2,1-2H3,(H,17,19). The summed E-state index contributed by atoms with van der Waals surface area (Å²) in [4.78, 5) is 20.1. The highest BCUT2D eigenvalue weighted by molar-refractivity contribution is 6.03. The van der Waals surface area contributed by atoms with E-state index in [2.05, 4.69) is 15.3 Å². The van der Waals surface area contributed by atoms with E-state index in [-0.39, 0.29) is 17.4 Å². The zero-order valence-corrected chi connectivity index (χ0v) is 10.8. The lowest BCUT2D eigenvalue weighted by Gasteiger charge is -2.09. The molecular weight excluding hydrogens is 242 g/mol. The molecule has 0 unspecified atom stereocenters. The fourth-order valence-electron chi connectivity index (χ4n) is 1.69. The van der Waals surface area contributed by atoms with Gasteiger partial charge in [0, 0.05) is 11.9 Å². The Hall–Kier alpha value is -2.43. The van der Waals surface area contributed by atoms with Crippen LogP contribution >= 0.6 is 0 Å². The molecule has 98 valence electrons. The van der Waals surface area contributed by atoms with Gasteiger partial charge in [-0.15, -0.1) is 0 Å². The van der Waals surface area contributed by atoms with Gasteiger partial charge in [-0.05, 0) is 37.1 Å². The number of carbonyl (C=O) groups is 1. The molecule has 2 aromatic rings. The topological polar surface area (TPSA) is 75.1 Å². The predicted molar refractivity (Wildman–Crippen MR) is 72.2 cm³/mol. The first kappa shape index (κ1) is 13.0. The maximum atomic E-state index is 12.0. The summed E-state index contributed by atoms with van der Waals surface area (Å²) in [5.74, 6) is -0.127. The van der Waals surface area contributed by atoms with Gasteiger partial charge in [-0.25, -0.2) is 4.98 Å². The van der Waals surface area contributed by atoms with Crippen LogP contribution in [0.1, 0.15) is 28.7 Å². The Morgan fingerprint density at radius 3 is 2.74 bits per heavy atom. The number of aryl methyl sites for hydroxylation is 2. The van der Waals surface area contributed by atoms with Gasteiger partial charge in [0.15, 0.2) is 0 Å². The summed E-state index contributed by atoms with van der Waals surface area (Å²) < 4.78 is 0. The maximum Gasteiger partial charge on any atom is 0.275 e. The molecule has 0 fully saturated rings. The van der Waals surface area contributed by atoms with Crippen molar-refractivity contribution in [2.75, 3.05) is 5.32 Å². The van der Waals surface area contributed by atoms with E-state index in [1.807, 2.05) is 13.8 Å². The van der Waals surface area contributed by atoms with Crippen LogP contribution in [0.5, 0.6) is 5.75 Å². The van der Waals surface area contributed by atoms with Gasteiger partial charge >= 0.3 is 0 Å². The third-order valence-corrected chi connectivity index (χ3v) is 2.73. The molecule has 0 spiro atoms. The summed E-state index contributed by atoms with van der Waals surface area (Å²) in [6.45, 7) is 3.76. The van der Waals surface area contributed by atoms with Gasteiger partial charge < -0.3 is 10.4 Å². The van der Waals surface area contributed by atoms with Crippen LogP contribution in [0.3, 0.4) is 0 Å². The zero-order chi connectivity index (χ0) is 13.8. The third-order valence-electron chi connectivity index (χ3n) is 2.73. The Morgan fingerprint density at radius 2 is 2.11 bits per heavy atom. The molecule has 1 aromatic heterocycles. The Morgan fingerprint density at radius 1 is 1.32 bits per heavy atom. The molecule has 19 heavy (non-hydrogen) atoms. The number of nitrogens with zero attached hydrogens (tertiary/aromatic N) is 2. The summed E-state index contributed by atoms with van der Waals surface area (Å²) in [5.41, 5.74) is 2.57. The van der Waals surface area contributed by atoms with Crippen molar-refractivity contribution in [1.82, 2.24) is 9.97 Å². The average molecular weight is 257 g/mol. The molecule has 0 radical (unpaired) electrons. The van der Waals surface area contributed by atoms with E-state index in [9.17, 15) is 9.90 Å². The SMILES string of the molecule is CCc1cc(O)ccc1NC(=O)c1cnc(C)cn1. The molecule has 1 amide bonds. The number of aromatic nitrogens is 2. The first-order valence-corrected chi connectivity index (χ1v) is 6.02. The molecule has 5 nitrogen and oxygen atoms in total. The fraction of sp³-hybridized carbons (Fsp3) is 0.214. The lowest BCUT2D eigenvalue weighted by Crippen LogP contribution is -2.15. The maximum absolute atomic E-state index is 12.0. The lowest BCUT2D eigenvalue weighted by molar-refractivity contribution is 0.102. The number of phenolic OH excluding ortho intramolecular Hbond substituents is 1. The number of anilines is 1. The van der Waals surface area contributed by atoms with Gasteiger partial charge in [0.05, 0.1) is 11.9 Å². The molecule has 1 heterocycles. The number of rotatable bonds is 3. The lowest BCUT2D eigenvalue weighted by atomic mass is 10.1. The van der Waals surface area contributed by atoms with E-state index in [1.54, 1.807) is 18.3 Å². The van der Waals surface area contributed by atoms with Crippen molar-refractivity contribution in [3.63, 3.8) is 0 Å². The van der Waals surface area contributed by atoms with E-state index >= 15 is 0 Å². The Balaban J connectivity index is 2.21. The van der Waals surface area contributed by atoms with Crippen molar-refractivity contribution >= 4 is 11.6 Å². The van der Waals surface area contributed by atoms with Crippen LogP contribution in [0.2, 0.25) is 0 Å². The molecule has 2 N–H and O–H groups in total. The Bertz CT molecular complexity index is 594. The molecule has 0 aliphatic heterocycles. The highest BCUT2D eigenvalue weighted by atomic mass is 16.3. The second-order valence-electron chi connectivity index (χ2n) is 4.19. The molecule has 0 atom stereocenters. The Kier molecular flexibility index (Phi) is 3.75. The normalized spacial score (nSPS) is 10.2. The summed E-state index contributed by atoms with van der Waals surface area (Å²) in [6, 6.07) is 4.85. The first-order valence-electron chi connectivity index (χ1n) is 6.02. The van der Waals surface area contributed by atoms with E-state index in [0.29, 0.717) is 12.1 Å². The third kappa shape index (κ3) is 3.07. The molecule has 1 aromatic carbocycles. The van der Waals surface area contributed by atoms with E-state index in [4.69, 9.17) is 0 Å². The van der Waals surface area contributed by atoms with Crippen molar-refractivity contribution in [3.8, 4) is 5.75 Å². The molecule has 0 saturated carbocycles. The van der Waals surface area contributed by atoms with Crippen molar-refractivity contribution < 1.29 is 9.90 Å². The van der Waals surface area contributed by atoms with Crippen LogP contribution in [0.4, 0.5) is 5.69 Å². The predicted octanol–water partition coefficient (Wildman–Crippen LogP) is 2.31. The van der Waals surface area contributed by atoms with Gasteiger partial charge in [-0.2, -0.15) is 0 Å². The van der Waals surface area contributed by atoms with Crippen LogP contribution in [0.25, 0.3) is 0 Å². The van der Waals surface area contributed by atoms with Gasteiger partial charge in [-0.1, -0.05) is 6.92 Å². The largest absolute Gasteiger partial charge is 0.508 e. The van der Waals surface area contributed by atoms with Gasteiger partial charge in [0.1, 0.15) is 11.4 Å². The van der Waals surface area contributed by atoms with Gasteiger partial charge in [-0.3, -0.25) is 9.78 Å². The Labute approximate surface area is 111 Å². The highest BCUT2D eigenvalue weighted by Gasteiger charge is 2.10. The molecule has 0 aliphatic carbocycles. The fourth-order valence-corrected chi connectivity index (χ4v) is 1.69. The van der Waals surface area contributed by atoms with Gasteiger partial charge in [0.2, 0.25) is 0 Å². The number of phenols is 1. The number of hydrogen-bond acceptors (Lipinski definition) is 4. The molecule has 0 aliphatic rings. The zero-order valence-electron chi connectivity index (χ0n) is 10.8. The number of amides is 1. The summed E-state index contributed by atoms with van der Waals surface area (Å²) in [6.07, 6.45) is 3.70. The number of carbonyl (C=O) groups excluding carboxylic acids is 1. The number of nitrogens with one attached hydrogen (secondary N) is 1. The number of benzene rings is 1. The second-order valence-corrected chi connectivity index (χ2v) is 4.19. The van der Waals surface area contributed by atoms with E-state index in [0.717, 1.165) is 11.3 Å². The van der Waals surface area contributed by atoms with Crippen molar-refractivity contribution in [1.29, 1.82) is 0 Å². The molecule has 0 bridgehead atoms. The summed E-state index contributed by atoms with van der Waals surface area (Å²) in [7, 11) is 0. The smallest absolute Gasteiger partial charge is 0.275 e. The summed E-state index contributed by atoms with van der Waals surface area (Å²) in [5, 5.41) is 12.2. The quantitative estimate of drug-likeness (QED) is 0.827. The van der Waals surface area contributed by atoms with Crippen LogP contribution in [0, 0.1) is 6.92 Å². The average Bonchev–Trinajstić information content (AvgIpc) is 2.41. The molecular formula is C14H15N3O2. The van der Waals surface area contributed by atoms with Gasteiger partial charge in [0.25, 0.3) is 5.91 Å². The van der Waals surface area contributed by atoms with Crippen molar-refractivity contribution in [2.45, 2.75) is 20.3 Å². The number of aromatic hydroxyl groups is 1. The minimum atomic E-state index is -0.312. The molecule has 2 rings (SSSR count). The minimum Gasteiger partial charge on any atom is -0.508 e. The molecule has 0 saturated heterocycles. The highest BCUT2D eigenvalue weighted by Crippen LogP contribution is 2.22. The number of hydrogen-bond donors (Lipinski definition) is 2. The first-order chi connectivity index (χ1) is 9.10.